The van der Waals surface area contributed by atoms with Crippen molar-refractivity contribution < 1.29 is 9.15 Å². The average Bonchev–Trinajstić information content (AvgIpc) is 3.19. The summed E-state index contributed by atoms with van der Waals surface area (Å²) in [5.74, 6) is 3.14. The molecule has 156 valence electrons. The Morgan fingerprint density at radius 3 is 2.74 bits per heavy atom. The number of rotatable bonds is 12. The molecule has 27 heavy (non-hydrogen) atoms. The van der Waals surface area contributed by atoms with Crippen LogP contribution >= 0.6 is 35.7 Å². The van der Waals surface area contributed by atoms with Gasteiger partial charge in [0.25, 0.3) is 0 Å². The number of ether oxygens (including phenoxy) is 1. The molecule has 1 aliphatic heterocycles. The number of halogens is 1. The van der Waals surface area contributed by atoms with Gasteiger partial charge in [0.1, 0.15) is 5.76 Å². The summed E-state index contributed by atoms with van der Waals surface area (Å²) in [5.41, 5.74) is 0. The highest BCUT2D eigenvalue weighted by Gasteiger charge is 2.09. The van der Waals surface area contributed by atoms with Gasteiger partial charge in [0, 0.05) is 45.7 Å². The van der Waals surface area contributed by atoms with Crippen LogP contribution in [-0.2, 0) is 11.2 Å². The summed E-state index contributed by atoms with van der Waals surface area (Å²) < 4.78 is 10.8. The van der Waals surface area contributed by atoms with Crippen molar-refractivity contribution in [3.05, 3.63) is 24.2 Å². The van der Waals surface area contributed by atoms with Gasteiger partial charge in [0.2, 0.25) is 0 Å². The number of hydrogen-bond donors (Lipinski definition) is 2. The number of unbranched alkanes of at least 4 members (excludes halogenated alkanes) is 1. The van der Waals surface area contributed by atoms with Crippen LogP contribution in [0.5, 0.6) is 0 Å². The Bertz CT molecular complexity index is 482. The standard InChI is InChI=1S/C19H34N4O2S.HI/c1-26-17-3-2-8-20-19(22-10-7-18-6-4-14-25-18)21-9-5-11-23-12-15-24-16-13-23;/h4,6,14H,2-3,5,7-13,15-17H2,1H3,(H2,20,21,22);1H. The highest BCUT2D eigenvalue weighted by molar-refractivity contribution is 14.0. The summed E-state index contributed by atoms with van der Waals surface area (Å²) in [6.07, 6.45) is 8.24. The molecule has 1 aliphatic rings. The largest absolute Gasteiger partial charge is 0.469 e. The normalized spacial score (nSPS) is 15.4. The predicted molar refractivity (Wildman–Crippen MR) is 126 cm³/mol. The second kappa shape index (κ2) is 16.5. The van der Waals surface area contributed by atoms with Crippen molar-refractivity contribution in [3.8, 4) is 0 Å². The minimum absolute atomic E-state index is 0. The SMILES string of the molecule is CSCCCCNC(=NCCCN1CCOCC1)NCCc1ccco1.I. The Balaban J connectivity index is 0.00000364. The number of thioether (sulfide) groups is 1. The molecule has 2 rings (SSSR count). The van der Waals surface area contributed by atoms with E-state index >= 15 is 0 Å². The van der Waals surface area contributed by atoms with Crippen molar-refractivity contribution >= 4 is 41.7 Å². The minimum Gasteiger partial charge on any atom is -0.469 e. The number of guanidine groups is 1. The van der Waals surface area contributed by atoms with Crippen LogP contribution in [0.25, 0.3) is 0 Å². The number of hydrogen-bond acceptors (Lipinski definition) is 5. The number of furan rings is 1. The first-order chi connectivity index (χ1) is 12.9. The Kier molecular flexibility index (Phi) is 15.0. The molecule has 0 atom stereocenters. The molecule has 6 nitrogen and oxygen atoms in total. The molecule has 0 spiro atoms. The lowest BCUT2D eigenvalue weighted by Gasteiger charge is -2.26. The summed E-state index contributed by atoms with van der Waals surface area (Å²) in [6.45, 7) is 7.56. The van der Waals surface area contributed by atoms with Gasteiger partial charge in [0.05, 0.1) is 19.5 Å². The van der Waals surface area contributed by atoms with Crippen LogP contribution in [0.4, 0.5) is 0 Å². The highest BCUT2D eigenvalue weighted by Crippen LogP contribution is 2.01. The zero-order valence-electron chi connectivity index (χ0n) is 16.5. The Morgan fingerprint density at radius 1 is 1.19 bits per heavy atom. The average molecular weight is 510 g/mol. The molecule has 0 unspecified atom stereocenters. The lowest BCUT2D eigenvalue weighted by atomic mass is 10.3. The molecule has 0 aromatic carbocycles. The van der Waals surface area contributed by atoms with Gasteiger partial charge in [-0.25, -0.2) is 0 Å². The molecule has 8 heteroatoms. The maximum atomic E-state index is 5.39. The maximum absolute atomic E-state index is 5.39. The van der Waals surface area contributed by atoms with Crippen LogP contribution in [-0.4, -0.2) is 75.4 Å². The summed E-state index contributed by atoms with van der Waals surface area (Å²) in [7, 11) is 0. The molecular weight excluding hydrogens is 475 g/mol. The van der Waals surface area contributed by atoms with Gasteiger partial charge in [-0.1, -0.05) is 0 Å². The lowest BCUT2D eigenvalue weighted by molar-refractivity contribution is 0.0377. The Morgan fingerprint density at radius 2 is 2.00 bits per heavy atom. The fraction of sp³-hybridized carbons (Fsp3) is 0.737. The Labute approximate surface area is 185 Å². The van der Waals surface area contributed by atoms with Gasteiger partial charge in [-0.2, -0.15) is 11.8 Å². The summed E-state index contributed by atoms with van der Waals surface area (Å²) in [4.78, 5) is 7.20. The van der Waals surface area contributed by atoms with Crippen LogP contribution in [0.3, 0.4) is 0 Å². The fourth-order valence-electron chi connectivity index (χ4n) is 2.82. The summed E-state index contributed by atoms with van der Waals surface area (Å²) >= 11 is 1.91. The zero-order chi connectivity index (χ0) is 18.3. The van der Waals surface area contributed by atoms with E-state index in [1.54, 1.807) is 6.26 Å². The molecule has 1 fully saturated rings. The monoisotopic (exact) mass is 510 g/mol. The predicted octanol–water partition coefficient (Wildman–Crippen LogP) is 2.84. The van der Waals surface area contributed by atoms with E-state index in [1.165, 1.54) is 18.6 Å². The molecular formula is C19H35IN4O2S. The van der Waals surface area contributed by atoms with Crippen LogP contribution in [0.1, 0.15) is 25.0 Å². The molecule has 0 saturated carbocycles. The summed E-state index contributed by atoms with van der Waals surface area (Å²) in [6, 6.07) is 3.94. The van der Waals surface area contributed by atoms with Gasteiger partial charge in [-0.15, -0.1) is 24.0 Å². The van der Waals surface area contributed by atoms with E-state index in [0.29, 0.717) is 0 Å². The van der Waals surface area contributed by atoms with Crippen molar-refractivity contribution in [3.63, 3.8) is 0 Å². The van der Waals surface area contributed by atoms with Gasteiger partial charge in [-0.05, 0) is 43.4 Å². The van der Waals surface area contributed by atoms with Crippen LogP contribution in [0.2, 0.25) is 0 Å². The van der Waals surface area contributed by atoms with E-state index in [9.17, 15) is 0 Å². The van der Waals surface area contributed by atoms with Crippen LogP contribution < -0.4 is 10.6 Å². The molecule has 0 bridgehead atoms. The first-order valence-corrected chi connectivity index (χ1v) is 11.1. The third-order valence-electron chi connectivity index (χ3n) is 4.32. The van der Waals surface area contributed by atoms with E-state index in [1.807, 2.05) is 23.9 Å². The summed E-state index contributed by atoms with van der Waals surface area (Å²) in [5, 5.41) is 6.89. The minimum atomic E-state index is 0. The van der Waals surface area contributed by atoms with Gasteiger partial charge in [-0.3, -0.25) is 9.89 Å². The molecule has 1 saturated heterocycles. The van der Waals surface area contributed by atoms with Gasteiger partial charge >= 0.3 is 0 Å². The fourth-order valence-corrected chi connectivity index (χ4v) is 3.31. The van der Waals surface area contributed by atoms with E-state index in [0.717, 1.165) is 77.0 Å². The second-order valence-corrected chi connectivity index (χ2v) is 7.41. The number of nitrogens with one attached hydrogen (secondary N) is 2. The van der Waals surface area contributed by atoms with Crippen molar-refractivity contribution in [2.24, 2.45) is 4.99 Å². The van der Waals surface area contributed by atoms with E-state index < -0.39 is 0 Å². The van der Waals surface area contributed by atoms with E-state index in [2.05, 4.69) is 21.8 Å². The maximum Gasteiger partial charge on any atom is 0.191 e. The zero-order valence-corrected chi connectivity index (χ0v) is 19.6. The number of morpholine rings is 1. The van der Waals surface area contributed by atoms with Crippen LogP contribution in [0, 0.1) is 0 Å². The molecule has 1 aromatic rings. The lowest BCUT2D eigenvalue weighted by Crippen LogP contribution is -2.39. The van der Waals surface area contributed by atoms with Crippen molar-refractivity contribution in [1.82, 2.24) is 15.5 Å². The first kappa shape index (κ1) is 24.6. The van der Waals surface area contributed by atoms with Crippen molar-refractivity contribution in [2.45, 2.75) is 25.7 Å². The van der Waals surface area contributed by atoms with E-state index in [4.69, 9.17) is 14.1 Å². The van der Waals surface area contributed by atoms with E-state index in [-0.39, 0.29) is 24.0 Å². The van der Waals surface area contributed by atoms with Gasteiger partial charge < -0.3 is 19.8 Å². The first-order valence-electron chi connectivity index (χ1n) is 9.72. The number of aliphatic imine (C=N–C) groups is 1. The van der Waals surface area contributed by atoms with Crippen LogP contribution in [0.15, 0.2) is 27.8 Å². The molecule has 2 heterocycles. The molecule has 1 aromatic heterocycles. The molecule has 0 amide bonds. The Hall–Kier alpha value is -0.450. The topological polar surface area (TPSA) is 62.0 Å². The molecule has 0 radical (unpaired) electrons. The third-order valence-corrected chi connectivity index (χ3v) is 5.01. The van der Waals surface area contributed by atoms with Crippen molar-refractivity contribution in [2.75, 3.05) is 64.5 Å². The molecule has 2 N–H and O–H groups in total. The molecule has 0 aliphatic carbocycles. The van der Waals surface area contributed by atoms with Gasteiger partial charge in [0.15, 0.2) is 5.96 Å². The third kappa shape index (κ3) is 11.9. The highest BCUT2D eigenvalue weighted by atomic mass is 127. The second-order valence-electron chi connectivity index (χ2n) is 6.42. The smallest absolute Gasteiger partial charge is 0.191 e. The van der Waals surface area contributed by atoms with Crippen molar-refractivity contribution in [1.29, 1.82) is 0 Å². The number of nitrogens with zero attached hydrogens (tertiary/aromatic N) is 2. The quantitative estimate of drug-likeness (QED) is 0.195.